The third-order valence-electron chi connectivity index (χ3n) is 2.80. The molecule has 0 fully saturated rings. The molecule has 0 aliphatic heterocycles. The van der Waals surface area contributed by atoms with Crippen LogP contribution in [0.3, 0.4) is 0 Å². The van der Waals surface area contributed by atoms with Gasteiger partial charge < -0.3 is 4.74 Å². The fraction of sp³-hybridized carbons (Fsp3) is 0.333. The highest BCUT2D eigenvalue weighted by Gasteiger charge is 2.41. The van der Waals surface area contributed by atoms with Gasteiger partial charge in [0.15, 0.2) is 0 Å². The minimum Gasteiger partial charge on any atom is -0.443 e. The van der Waals surface area contributed by atoms with Gasteiger partial charge in [-0.1, -0.05) is 18.2 Å². The van der Waals surface area contributed by atoms with Gasteiger partial charge in [0.2, 0.25) is 0 Å². The van der Waals surface area contributed by atoms with E-state index in [0.717, 1.165) is 10.8 Å². The maximum Gasteiger partial charge on any atom is 0.454 e. The Morgan fingerprint density at radius 3 is 2.23 bits per heavy atom. The number of para-hydroxylation sites is 1. The van der Waals surface area contributed by atoms with E-state index in [2.05, 4.69) is 0 Å². The van der Waals surface area contributed by atoms with Crippen molar-refractivity contribution >= 4 is 22.8 Å². The fourth-order valence-electron chi connectivity index (χ4n) is 1.98. The Balaban J connectivity index is 2.58. The molecule has 118 valence electrons. The summed E-state index contributed by atoms with van der Waals surface area (Å²) < 4.78 is 44.1. The number of carbonyl (C=O) groups excluding carboxylic acids is 2. The van der Waals surface area contributed by atoms with Crippen LogP contribution in [0, 0.1) is 0 Å². The molecular formula is C15H14F3NO3. The van der Waals surface area contributed by atoms with Crippen LogP contribution < -0.4 is 0 Å². The lowest BCUT2D eigenvalue weighted by molar-refractivity contribution is -0.0884. The number of ketones is 1. The SMILES string of the molecule is CC(C)(C)OC(=O)n1cc(C(=O)C(F)(F)F)c2ccccc21. The second kappa shape index (κ2) is 5.15. The number of alkyl halides is 3. The molecule has 7 heteroatoms. The molecule has 1 heterocycles. The highest BCUT2D eigenvalue weighted by molar-refractivity contribution is 6.12. The fourth-order valence-corrected chi connectivity index (χ4v) is 1.98. The zero-order valence-electron chi connectivity index (χ0n) is 12.2. The summed E-state index contributed by atoms with van der Waals surface area (Å²) in [6.45, 7) is 4.91. The van der Waals surface area contributed by atoms with Crippen LogP contribution in [0.5, 0.6) is 0 Å². The van der Waals surface area contributed by atoms with E-state index in [1.54, 1.807) is 26.8 Å². The summed E-state index contributed by atoms with van der Waals surface area (Å²) in [5.41, 5.74) is -1.20. The summed E-state index contributed by atoms with van der Waals surface area (Å²) in [5, 5.41) is 0.0516. The molecule has 0 saturated carbocycles. The third kappa shape index (κ3) is 3.13. The summed E-state index contributed by atoms with van der Waals surface area (Å²) in [4.78, 5) is 23.6. The van der Waals surface area contributed by atoms with Crippen LogP contribution in [0.1, 0.15) is 31.1 Å². The van der Waals surface area contributed by atoms with E-state index in [-0.39, 0.29) is 10.9 Å². The van der Waals surface area contributed by atoms with Gasteiger partial charge in [-0.15, -0.1) is 0 Å². The molecular weight excluding hydrogens is 299 g/mol. The first kappa shape index (κ1) is 16.1. The molecule has 22 heavy (non-hydrogen) atoms. The third-order valence-corrected chi connectivity index (χ3v) is 2.80. The lowest BCUT2D eigenvalue weighted by atomic mass is 10.1. The number of halogens is 3. The Kier molecular flexibility index (Phi) is 3.76. The topological polar surface area (TPSA) is 48.3 Å². The summed E-state index contributed by atoms with van der Waals surface area (Å²) in [7, 11) is 0. The highest BCUT2D eigenvalue weighted by Crippen LogP contribution is 2.29. The Morgan fingerprint density at radius 2 is 1.68 bits per heavy atom. The second-order valence-electron chi connectivity index (χ2n) is 5.74. The van der Waals surface area contributed by atoms with Crippen LogP contribution in [0.25, 0.3) is 10.9 Å². The molecule has 0 aliphatic carbocycles. The molecule has 0 amide bonds. The molecule has 0 bridgehead atoms. The van der Waals surface area contributed by atoms with Crippen molar-refractivity contribution in [3.05, 3.63) is 36.0 Å². The van der Waals surface area contributed by atoms with Crippen molar-refractivity contribution in [3.63, 3.8) is 0 Å². The molecule has 0 aliphatic rings. The summed E-state index contributed by atoms with van der Waals surface area (Å²) in [6.07, 6.45) is -4.98. The van der Waals surface area contributed by atoms with Gasteiger partial charge >= 0.3 is 12.3 Å². The normalized spacial score (nSPS) is 12.5. The van der Waals surface area contributed by atoms with Crippen LogP contribution in [0.15, 0.2) is 30.5 Å². The predicted octanol–water partition coefficient (Wildman–Crippen LogP) is 4.17. The molecule has 2 rings (SSSR count). The van der Waals surface area contributed by atoms with E-state index >= 15 is 0 Å². The first-order valence-corrected chi connectivity index (χ1v) is 6.45. The van der Waals surface area contributed by atoms with Crippen molar-refractivity contribution in [2.24, 2.45) is 0 Å². The Labute approximate surface area is 124 Å². The van der Waals surface area contributed by atoms with Gasteiger partial charge in [-0.2, -0.15) is 13.2 Å². The van der Waals surface area contributed by atoms with Gasteiger partial charge in [0.1, 0.15) is 5.60 Å². The lowest BCUT2D eigenvalue weighted by Crippen LogP contribution is -2.27. The number of hydrogen-bond acceptors (Lipinski definition) is 3. The van der Waals surface area contributed by atoms with Crippen molar-refractivity contribution in [1.82, 2.24) is 4.57 Å². The molecule has 1 aromatic carbocycles. The smallest absolute Gasteiger partial charge is 0.443 e. The lowest BCUT2D eigenvalue weighted by Gasteiger charge is -2.19. The van der Waals surface area contributed by atoms with Crippen molar-refractivity contribution in [2.75, 3.05) is 0 Å². The van der Waals surface area contributed by atoms with Crippen molar-refractivity contribution in [2.45, 2.75) is 32.5 Å². The number of ether oxygens (including phenoxy) is 1. The second-order valence-corrected chi connectivity index (χ2v) is 5.74. The van der Waals surface area contributed by atoms with Crippen LogP contribution in [-0.4, -0.2) is 28.2 Å². The van der Waals surface area contributed by atoms with Gasteiger partial charge in [0.05, 0.1) is 11.1 Å². The molecule has 0 N–H and O–H groups in total. The van der Waals surface area contributed by atoms with Gasteiger partial charge in [0, 0.05) is 11.6 Å². The van der Waals surface area contributed by atoms with E-state index in [4.69, 9.17) is 4.74 Å². The molecule has 4 nitrogen and oxygen atoms in total. The Morgan fingerprint density at radius 1 is 1.09 bits per heavy atom. The number of fused-ring (bicyclic) bond motifs is 1. The average Bonchev–Trinajstić information content (AvgIpc) is 2.74. The summed E-state index contributed by atoms with van der Waals surface area (Å²) in [6, 6.07) is 5.86. The molecule has 0 saturated heterocycles. The molecule has 0 spiro atoms. The zero-order valence-corrected chi connectivity index (χ0v) is 12.2. The number of benzene rings is 1. The molecule has 2 aromatic rings. The van der Waals surface area contributed by atoms with Crippen molar-refractivity contribution < 1.29 is 27.5 Å². The number of aromatic nitrogens is 1. The predicted molar refractivity (Wildman–Crippen MR) is 74.0 cm³/mol. The summed E-state index contributed by atoms with van der Waals surface area (Å²) >= 11 is 0. The number of Topliss-reactive ketones (excluding diaryl/α,β-unsaturated/α-hetero) is 1. The van der Waals surface area contributed by atoms with Gasteiger partial charge in [-0.25, -0.2) is 4.79 Å². The van der Waals surface area contributed by atoms with Crippen molar-refractivity contribution in [3.8, 4) is 0 Å². The Bertz CT molecular complexity index is 739. The molecule has 0 unspecified atom stereocenters. The number of hydrogen-bond donors (Lipinski definition) is 0. The maximum atomic E-state index is 12.7. The summed E-state index contributed by atoms with van der Waals surface area (Å²) in [5.74, 6) is -1.99. The average molecular weight is 313 g/mol. The molecule has 1 aromatic heterocycles. The van der Waals surface area contributed by atoms with E-state index in [9.17, 15) is 22.8 Å². The zero-order chi connectivity index (χ0) is 16.7. The maximum absolute atomic E-state index is 12.7. The molecule has 0 radical (unpaired) electrons. The first-order chi connectivity index (χ1) is 10.0. The van der Waals surface area contributed by atoms with E-state index < -0.39 is 29.2 Å². The minimum absolute atomic E-state index is 0.0516. The van der Waals surface area contributed by atoms with Crippen LogP contribution in [0.4, 0.5) is 18.0 Å². The van der Waals surface area contributed by atoms with Crippen LogP contribution in [0.2, 0.25) is 0 Å². The molecule has 0 atom stereocenters. The largest absolute Gasteiger partial charge is 0.454 e. The first-order valence-electron chi connectivity index (χ1n) is 6.45. The van der Waals surface area contributed by atoms with Crippen LogP contribution >= 0.6 is 0 Å². The van der Waals surface area contributed by atoms with Gasteiger partial charge in [-0.3, -0.25) is 9.36 Å². The Hall–Kier alpha value is -2.31. The highest BCUT2D eigenvalue weighted by atomic mass is 19.4. The monoisotopic (exact) mass is 313 g/mol. The van der Waals surface area contributed by atoms with E-state index in [1.165, 1.54) is 18.2 Å². The quantitative estimate of drug-likeness (QED) is 0.742. The van der Waals surface area contributed by atoms with E-state index in [1.807, 2.05) is 0 Å². The minimum atomic E-state index is -5.01. The van der Waals surface area contributed by atoms with Gasteiger partial charge in [-0.05, 0) is 26.8 Å². The van der Waals surface area contributed by atoms with Crippen molar-refractivity contribution in [1.29, 1.82) is 0 Å². The number of nitrogens with zero attached hydrogens (tertiary/aromatic N) is 1. The van der Waals surface area contributed by atoms with Crippen LogP contribution in [-0.2, 0) is 4.74 Å². The number of carbonyl (C=O) groups is 2. The standard InChI is InChI=1S/C15H14F3NO3/c1-14(2,3)22-13(21)19-8-10(12(20)15(16,17)18)9-6-4-5-7-11(9)19/h4-8H,1-3H3. The van der Waals surface area contributed by atoms with E-state index in [0.29, 0.717) is 0 Å². The number of rotatable bonds is 1. The van der Waals surface area contributed by atoms with Gasteiger partial charge in [0.25, 0.3) is 5.78 Å².